The highest BCUT2D eigenvalue weighted by atomic mass is 16.2. The van der Waals surface area contributed by atoms with Crippen molar-refractivity contribution in [2.24, 2.45) is 17.6 Å². The van der Waals surface area contributed by atoms with Gasteiger partial charge in [-0.1, -0.05) is 44.2 Å². The monoisotopic (exact) mass is 288 g/mol. The minimum atomic E-state index is -0.0143. The molecule has 0 aliphatic carbocycles. The van der Waals surface area contributed by atoms with Crippen LogP contribution in [0.2, 0.25) is 0 Å². The van der Waals surface area contributed by atoms with Gasteiger partial charge in [0.2, 0.25) is 5.91 Å². The zero-order chi connectivity index (χ0) is 15.2. The molecule has 1 fully saturated rings. The van der Waals surface area contributed by atoms with Crippen molar-refractivity contribution < 1.29 is 4.79 Å². The predicted octanol–water partition coefficient (Wildman–Crippen LogP) is 2.84. The smallest absolute Gasteiger partial charge is 0.224 e. The fourth-order valence-corrected chi connectivity index (χ4v) is 2.90. The Labute approximate surface area is 128 Å². The molecule has 1 aliphatic rings. The molecule has 1 aromatic rings. The molecule has 0 aromatic heterocycles. The lowest BCUT2D eigenvalue weighted by molar-refractivity contribution is -0.133. The quantitative estimate of drug-likeness (QED) is 0.905. The zero-order valence-electron chi connectivity index (χ0n) is 13.3. The van der Waals surface area contributed by atoms with Crippen LogP contribution in [0.4, 0.5) is 0 Å². The summed E-state index contributed by atoms with van der Waals surface area (Å²) in [5, 5.41) is 0. The van der Waals surface area contributed by atoms with Gasteiger partial charge in [-0.2, -0.15) is 0 Å². The van der Waals surface area contributed by atoms with Crippen LogP contribution in [0, 0.1) is 11.8 Å². The highest BCUT2D eigenvalue weighted by Crippen LogP contribution is 2.22. The van der Waals surface area contributed by atoms with Crippen LogP contribution in [0.3, 0.4) is 0 Å². The fraction of sp³-hybridized carbons (Fsp3) is 0.611. The molecule has 1 heterocycles. The molecule has 116 valence electrons. The van der Waals surface area contributed by atoms with Gasteiger partial charge < -0.3 is 10.6 Å². The third-order valence-electron chi connectivity index (χ3n) is 4.60. The van der Waals surface area contributed by atoms with Gasteiger partial charge in [0.05, 0.1) is 0 Å². The van der Waals surface area contributed by atoms with Gasteiger partial charge in [-0.3, -0.25) is 4.79 Å². The maximum Gasteiger partial charge on any atom is 0.224 e. The van der Waals surface area contributed by atoms with Crippen molar-refractivity contribution in [1.82, 2.24) is 4.90 Å². The molecule has 1 aromatic carbocycles. The standard InChI is InChI=1S/C18H28N2O/c1-14(2)17(19)13-18(21)20-10-8-16(9-11-20)12-15-6-4-3-5-7-15/h3-7,14,16-17H,8-13,19H2,1-2H3. The summed E-state index contributed by atoms with van der Waals surface area (Å²) in [6, 6.07) is 10.6. The Kier molecular flexibility index (Phi) is 5.80. The van der Waals surface area contributed by atoms with Gasteiger partial charge in [0, 0.05) is 25.6 Å². The van der Waals surface area contributed by atoms with E-state index in [0.29, 0.717) is 18.3 Å². The Morgan fingerprint density at radius 1 is 1.24 bits per heavy atom. The summed E-state index contributed by atoms with van der Waals surface area (Å²) >= 11 is 0. The zero-order valence-corrected chi connectivity index (χ0v) is 13.3. The van der Waals surface area contributed by atoms with Crippen LogP contribution in [0.25, 0.3) is 0 Å². The first-order valence-corrected chi connectivity index (χ1v) is 8.13. The molecule has 2 rings (SSSR count). The second kappa shape index (κ2) is 7.60. The van der Waals surface area contributed by atoms with Crippen molar-refractivity contribution in [3.8, 4) is 0 Å². The van der Waals surface area contributed by atoms with Crippen LogP contribution in [0.15, 0.2) is 30.3 Å². The maximum absolute atomic E-state index is 12.2. The lowest BCUT2D eigenvalue weighted by atomic mass is 9.90. The number of rotatable bonds is 5. The number of likely N-dealkylation sites (tertiary alicyclic amines) is 1. The summed E-state index contributed by atoms with van der Waals surface area (Å²) in [6.07, 6.45) is 3.84. The number of amides is 1. The molecule has 1 unspecified atom stereocenters. The van der Waals surface area contributed by atoms with E-state index in [1.165, 1.54) is 5.56 Å². The van der Waals surface area contributed by atoms with Crippen molar-refractivity contribution >= 4 is 5.91 Å². The molecule has 1 saturated heterocycles. The molecular formula is C18H28N2O. The molecule has 1 aliphatic heterocycles. The minimum Gasteiger partial charge on any atom is -0.343 e. The SMILES string of the molecule is CC(C)C(N)CC(=O)N1CCC(Cc2ccccc2)CC1. The Morgan fingerprint density at radius 3 is 2.43 bits per heavy atom. The van der Waals surface area contributed by atoms with Crippen LogP contribution in [0.1, 0.15) is 38.7 Å². The Bertz CT molecular complexity index is 436. The molecule has 0 bridgehead atoms. The summed E-state index contributed by atoms with van der Waals surface area (Å²) in [5.41, 5.74) is 7.41. The molecule has 3 heteroatoms. The van der Waals surface area contributed by atoms with Crippen molar-refractivity contribution in [1.29, 1.82) is 0 Å². The molecule has 3 nitrogen and oxygen atoms in total. The number of benzene rings is 1. The highest BCUT2D eigenvalue weighted by molar-refractivity contribution is 5.76. The number of carbonyl (C=O) groups excluding carboxylic acids is 1. The van der Waals surface area contributed by atoms with E-state index in [1.54, 1.807) is 0 Å². The number of nitrogens with two attached hydrogens (primary N) is 1. The van der Waals surface area contributed by atoms with Crippen LogP contribution >= 0.6 is 0 Å². The number of piperidine rings is 1. The van der Waals surface area contributed by atoms with Crippen molar-refractivity contribution in [2.45, 2.75) is 45.6 Å². The normalized spacial score (nSPS) is 18.0. The minimum absolute atomic E-state index is 0.0143. The van der Waals surface area contributed by atoms with E-state index in [9.17, 15) is 4.79 Å². The number of hydrogen-bond acceptors (Lipinski definition) is 2. The second-order valence-corrected chi connectivity index (χ2v) is 6.63. The first-order valence-electron chi connectivity index (χ1n) is 8.13. The topological polar surface area (TPSA) is 46.3 Å². The van der Waals surface area contributed by atoms with E-state index in [0.717, 1.165) is 32.4 Å². The van der Waals surface area contributed by atoms with Gasteiger partial charge in [-0.25, -0.2) is 0 Å². The molecular weight excluding hydrogens is 260 g/mol. The predicted molar refractivity (Wildman–Crippen MR) is 86.9 cm³/mol. The molecule has 0 saturated carbocycles. The van der Waals surface area contributed by atoms with Crippen LogP contribution < -0.4 is 5.73 Å². The van der Waals surface area contributed by atoms with E-state index in [2.05, 4.69) is 44.2 Å². The van der Waals surface area contributed by atoms with Crippen LogP contribution in [-0.2, 0) is 11.2 Å². The van der Waals surface area contributed by atoms with E-state index in [-0.39, 0.29) is 11.9 Å². The second-order valence-electron chi connectivity index (χ2n) is 6.63. The van der Waals surface area contributed by atoms with Crippen LogP contribution in [0.5, 0.6) is 0 Å². The number of hydrogen-bond donors (Lipinski definition) is 1. The Balaban J connectivity index is 1.76. The van der Waals surface area contributed by atoms with E-state index < -0.39 is 0 Å². The Hall–Kier alpha value is -1.35. The summed E-state index contributed by atoms with van der Waals surface area (Å²) < 4.78 is 0. The molecule has 1 amide bonds. The van der Waals surface area contributed by atoms with Gasteiger partial charge in [0.15, 0.2) is 0 Å². The average molecular weight is 288 g/mol. The highest BCUT2D eigenvalue weighted by Gasteiger charge is 2.24. The fourth-order valence-electron chi connectivity index (χ4n) is 2.90. The van der Waals surface area contributed by atoms with Gasteiger partial charge in [-0.15, -0.1) is 0 Å². The molecule has 21 heavy (non-hydrogen) atoms. The maximum atomic E-state index is 12.2. The third kappa shape index (κ3) is 4.85. The number of carbonyl (C=O) groups is 1. The first-order chi connectivity index (χ1) is 10.1. The summed E-state index contributed by atoms with van der Waals surface area (Å²) in [7, 11) is 0. The first kappa shape index (κ1) is 16.0. The summed E-state index contributed by atoms with van der Waals surface area (Å²) in [4.78, 5) is 14.2. The lowest BCUT2D eigenvalue weighted by Crippen LogP contribution is -2.42. The number of nitrogens with zero attached hydrogens (tertiary/aromatic N) is 1. The average Bonchev–Trinajstić information content (AvgIpc) is 2.48. The third-order valence-corrected chi connectivity index (χ3v) is 4.60. The van der Waals surface area contributed by atoms with Gasteiger partial charge in [0.1, 0.15) is 0 Å². The van der Waals surface area contributed by atoms with Crippen molar-refractivity contribution in [2.75, 3.05) is 13.1 Å². The lowest BCUT2D eigenvalue weighted by Gasteiger charge is -2.33. The van der Waals surface area contributed by atoms with E-state index in [1.807, 2.05) is 4.90 Å². The Morgan fingerprint density at radius 2 is 1.86 bits per heavy atom. The molecule has 2 N–H and O–H groups in total. The van der Waals surface area contributed by atoms with Gasteiger partial charge in [-0.05, 0) is 36.7 Å². The largest absolute Gasteiger partial charge is 0.343 e. The van der Waals surface area contributed by atoms with Gasteiger partial charge >= 0.3 is 0 Å². The summed E-state index contributed by atoms with van der Waals surface area (Å²) in [6.45, 7) is 5.93. The van der Waals surface area contributed by atoms with Gasteiger partial charge in [0.25, 0.3) is 0 Å². The molecule has 0 spiro atoms. The van der Waals surface area contributed by atoms with E-state index >= 15 is 0 Å². The van der Waals surface area contributed by atoms with Crippen LogP contribution in [-0.4, -0.2) is 29.9 Å². The van der Waals surface area contributed by atoms with Crippen molar-refractivity contribution in [3.63, 3.8) is 0 Å². The molecule has 1 atom stereocenters. The van der Waals surface area contributed by atoms with E-state index in [4.69, 9.17) is 5.73 Å². The summed E-state index contributed by atoms with van der Waals surface area (Å²) in [5.74, 6) is 1.30. The van der Waals surface area contributed by atoms with Crippen molar-refractivity contribution in [3.05, 3.63) is 35.9 Å². The molecule has 0 radical (unpaired) electrons.